The highest BCUT2D eigenvalue weighted by molar-refractivity contribution is 6.10. The fourth-order valence-electron chi connectivity index (χ4n) is 4.29. The van der Waals surface area contributed by atoms with Crippen molar-refractivity contribution in [1.82, 2.24) is 9.80 Å². The zero-order valence-corrected chi connectivity index (χ0v) is 17.0. The molecule has 1 aromatic heterocycles. The third-order valence-corrected chi connectivity index (χ3v) is 6.04. The van der Waals surface area contributed by atoms with Crippen LogP contribution in [0.1, 0.15) is 5.56 Å². The van der Waals surface area contributed by atoms with Gasteiger partial charge in [0.1, 0.15) is 11.3 Å². The van der Waals surface area contributed by atoms with Gasteiger partial charge in [-0.3, -0.25) is 4.90 Å². The Morgan fingerprint density at radius 1 is 0.900 bits per heavy atom. The molecule has 4 aromatic rings. The number of hydrogen-bond donors (Lipinski definition) is 1. The lowest BCUT2D eigenvalue weighted by Gasteiger charge is -2.32. The highest BCUT2D eigenvalue weighted by atomic mass is 16.4. The summed E-state index contributed by atoms with van der Waals surface area (Å²) in [4.78, 5) is 17.0. The molecule has 1 saturated heterocycles. The second-order valence-corrected chi connectivity index (χ2v) is 8.04. The van der Waals surface area contributed by atoms with E-state index in [1.807, 2.05) is 54.6 Å². The number of phenolic OH excluding ortho intramolecular Hbond substituents is 1. The van der Waals surface area contributed by atoms with Crippen LogP contribution in [0.3, 0.4) is 0 Å². The van der Waals surface area contributed by atoms with Crippen LogP contribution >= 0.6 is 0 Å². The monoisotopic (exact) mass is 400 g/mol. The summed E-state index contributed by atoms with van der Waals surface area (Å²) in [5.74, 6) is 0.265. The van der Waals surface area contributed by atoms with Gasteiger partial charge in [0, 0.05) is 60.5 Å². The topological polar surface area (TPSA) is 56.9 Å². The summed E-state index contributed by atoms with van der Waals surface area (Å²) in [6.45, 7) is 4.75. The number of hydrogen-bond acceptors (Lipinski definition) is 5. The number of piperazine rings is 1. The van der Waals surface area contributed by atoms with Gasteiger partial charge >= 0.3 is 5.63 Å². The van der Waals surface area contributed by atoms with Crippen molar-refractivity contribution in [2.24, 2.45) is 0 Å². The third kappa shape index (κ3) is 3.36. The highest BCUT2D eigenvalue weighted by Crippen LogP contribution is 2.37. The van der Waals surface area contributed by atoms with E-state index in [-0.39, 0.29) is 5.75 Å². The van der Waals surface area contributed by atoms with E-state index >= 15 is 0 Å². The fraction of sp³-hybridized carbons (Fsp3) is 0.240. The lowest BCUT2D eigenvalue weighted by molar-refractivity contribution is 0.147. The molecular formula is C25H24N2O3. The van der Waals surface area contributed by atoms with E-state index < -0.39 is 5.63 Å². The van der Waals surface area contributed by atoms with Crippen LogP contribution < -0.4 is 5.63 Å². The number of likely N-dealkylation sites (N-methyl/N-ethyl adjacent to an activating group) is 1. The summed E-state index contributed by atoms with van der Waals surface area (Å²) in [7, 11) is 2.13. The first-order valence-electron chi connectivity index (χ1n) is 10.3. The number of benzene rings is 3. The minimum absolute atomic E-state index is 0.265. The maximum atomic E-state index is 12.3. The summed E-state index contributed by atoms with van der Waals surface area (Å²) < 4.78 is 5.61. The van der Waals surface area contributed by atoms with Gasteiger partial charge in [0.05, 0.1) is 0 Å². The smallest absolute Gasteiger partial charge is 0.336 e. The molecule has 1 fully saturated rings. The Kier molecular flexibility index (Phi) is 4.77. The largest absolute Gasteiger partial charge is 0.507 e. The molecule has 1 aliphatic rings. The molecule has 0 spiro atoms. The van der Waals surface area contributed by atoms with E-state index in [0.717, 1.165) is 53.6 Å². The fourth-order valence-corrected chi connectivity index (χ4v) is 4.29. The van der Waals surface area contributed by atoms with E-state index in [9.17, 15) is 9.90 Å². The molecule has 5 nitrogen and oxygen atoms in total. The lowest BCUT2D eigenvalue weighted by Crippen LogP contribution is -2.43. The van der Waals surface area contributed by atoms with Crippen LogP contribution in [-0.4, -0.2) is 48.1 Å². The number of fused-ring (bicyclic) bond motifs is 3. The molecule has 5 heteroatoms. The Labute approximate surface area is 174 Å². The molecule has 5 rings (SSSR count). The molecule has 0 amide bonds. The SMILES string of the molecule is CN1CCN(Cc2ccc3c(ccc4c(-c5ccccc5)cc(=O)oc43)c2O)CC1. The van der Waals surface area contributed by atoms with Crippen molar-refractivity contribution in [2.75, 3.05) is 33.2 Å². The molecule has 1 aliphatic heterocycles. The zero-order chi connectivity index (χ0) is 20.7. The maximum absolute atomic E-state index is 12.3. The molecule has 3 aromatic carbocycles. The third-order valence-electron chi connectivity index (χ3n) is 6.04. The molecule has 0 bridgehead atoms. The Bertz CT molecular complexity index is 1270. The van der Waals surface area contributed by atoms with Crippen LogP contribution in [0.25, 0.3) is 32.9 Å². The Morgan fingerprint density at radius 3 is 2.37 bits per heavy atom. The van der Waals surface area contributed by atoms with Gasteiger partial charge in [-0.15, -0.1) is 0 Å². The van der Waals surface area contributed by atoms with E-state index in [1.165, 1.54) is 6.07 Å². The van der Waals surface area contributed by atoms with Crippen molar-refractivity contribution in [2.45, 2.75) is 6.54 Å². The quantitative estimate of drug-likeness (QED) is 0.415. The van der Waals surface area contributed by atoms with Crippen molar-refractivity contribution >= 4 is 21.7 Å². The standard InChI is InChI=1S/C25H24N2O3/c1-26-11-13-27(14-12-26)16-18-7-8-20-19(24(18)29)9-10-21-22(15-23(28)30-25(20)21)17-5-3-2-4-6-17/h2-10,15,29H,11-14,16H2,1H3. The van der Waals surface area contributed by atoms with Gasteiger partial charge in [-0.05, 0) is 30.3 Å². The lowest BCUT2D eigenvalue weighted by atomic mass is 9.97. The van der Waals surface area contributed by atoms with E-state index in [1.54, 1.807) is 0 Å². The van der Waals surface area contributed by atoms with Crippen LogP contribution in [-0.2, 0) is 6.54 Å². The van der Waals surface area contributed by atoms with Crippen LogP contribution in [0, 0.1) is 0 Å². The molecule has 0 aliphatic carbocycles. The summed E-state index contributed by atoms with van der Waals surface area (Å²) in [5, 5.41) is 13.3. The molecule has 0 radical (unpaired) electrons. The molecule has 152 valence electrons. The molecule has 0 unspecified atom stereocenters. The maximum Gasteiger partial charge on any atom is 0.336 e. The normalized spacial score (nSPS) is 15.8. The first-order chi connectivity index (χ1) is 14.6. The first-order valence-corrected chi connectivity index (χ1v) is 10.3. The number of phenols is 1. The van der Waals surface area contributed by atoms with Crippen LogP contribution in [0.15, 0.2) is 69.9 Å². The Hall–Kier alpha value is -3.15. The first kappa shape index (κ1) is 18.9. The van der Waals surface area contributed by atoms with Crippen molar-refractivity contribution in [3.63, 3.8) is 0 Å². The van der Waals surface area contributed by atoms with Gasteiger partial charge in [-0.2, -0.15) is 0 Å². The Morgan fingerprint density at radius 2 is 1.60 bits per heavy atom. The van der Waals surface area contributed by atoms with Gasteiger partial charge in [0.15, 0.2) is 0 Å². The van der Waals surface area contributed by atoms with Gasteiger partial charge in [0.25, 0.3) is 0 Å². The molecular weight excluding hydrogens is 376 g/mol. The van der Waals surface area contributed by atoms with Crippen LogP contribution in [0.2, 0.25) is 0 Å². The Balaban J connectivity index is 1.62. The number of nitrogens with zero attached hydrogens (tertiary/aromatic N) is 2. The van der Waals surface area contributed by atoms with Gasteiger partial charge < -0.3 is 14.4 Å². The predicted molar refractivity (Wildman–Crippen MR) is 120 cm³/mol. The number of aromatic hydroxyl groups is 1. The zero-order valence-electron chi connectivity index (χ0n) is 17.0. The summed E-state index contributed by atoms with van der Waals surface area (Å²) in [6, 6.07) is 19.1. The van der Waals surface area contributed by atoms with Gasteiger partial charge in [-0.1, -0.05) is 42.5 Å². The van der Waals surface area contributed by atoms with E-state index in [4.69, 9.17) is 4.42 Å². The molecule has 30 heavy (non-hydrogen) atoms. The van der Waals surface area contributed by atoms with Crippen molar-refractivity contribution in [3.8, 4) is 16.9 Å². The van der Waals surface area contributed by atoms with Crippen LogP contribution in [0.5, 0.6) is 5.75 Å². The molecule has 2 heterocycles. The molecule has 0 saturated carbocycles. The van der Waals surface area contributed by atoms with Crippen molar-refractivity contribution in [3.05, 3.63) is 76.6 Å². The van der Waals surface area contributed by atoms with Gasteiger partial charge in [0.2, 0.25) is 0 Å². The second kappa shape index (κ2) is 7.59. The molecule has 1 N–H and O–H groups in total. The van der Waals surface area contributed by atoms with Crippen LogP contribution in [0.4, 0.5) is 0 Å². The summed E-state index contributed by atoms with van der Waals surface area (Å²) in [6.07, 6.45) is 0. The average molecular weight is 400 g/mol. The average Bonchev–Trinajstić information content (AvgIpc) is 2.77. The van der Waals surface area contributed by atoms with Crippen molar-refractivity contribution < 1.29 is 9.52 Å². The van der Waals surface area contributed by atoms with Crippen molar-refractivity contribution in [1.29, 1.82) is 0 Å². The predicted octanol–water partition coefficient (Wildman–Crippen LogP) is 4.07. The number of rotatable bonds is 3. The second-order valence-electron chi connectivity index (χ2n) is 8.04. The molecule has 0 atom stereocenters. The summed E-state index contributed by atoms with van der Waals surface area (Å²) in [5.41, 5.74) is 2.82. The minimum Gasteiger partial charge on any atom is -0.507 e. The summed E-state index contributed by atoms with van der Waals surface area (Å²) >= 11 is 0. The van der Waals surface area contributed by atoms with E-state index in [0.29, 0.717) is 17.5 Å². The van der Waals surface area contributed by atoms with Gasteiger partial charge in [-0.25, -0.2) is 4.79 Å². The van der Waals surface area contributed by atoms with E-state index in [2.05, 4.69) is 16.8 Å². The highest BCUT2D eigenvalue weighted by Gasteiger charge is 2.18. The minimum atomic E-state index is -0.394.